The summed E-state index contributed by atoms with van der Waals surface area (Å²) in [6, 6.07) is 24.4. The molecule has 0 saturated carbocycles. The summed E-state index contributed by atoms with van der Waals surface area (Å²) >= 11 is 0. The zero-order valence-corrected chi connectivity index (χ0v) is 20.6. The van der Waals surface area contributed by atoms with Crippen molar-refractivity contribution in [1.82, 2.24) is 4.90 Å². The van der Waals surface area contributed by atoms with Gasteiger partial charge in [0.05, 0.1) is 17.7 Å². The first-order valence-electron chi connectivity index (χ1n) is 12.4. The molecule has 0 spiro atoms. The monoisotopic (exact) mass is 493 g/mol. The van der Waals surface area contributed by atoms with Crippen LogP contribution in [0.5, 0.6) is 11.5 Å². The van der Waals surface area contributed by atoms with Crippen LogP contribution in [0.25, 0.3) is 10.8 Å². The second-order valence-corrected chi connectivity index (χ2v) is 9.18. The number of ether oxygens (including phenoxy) is 2. The molecular weight excluding hydrogens is 466 g/mol. The first-order valence-corrected chi connectivity index (χ1v) is 12.4. The molecule has 1 saturated heterocycles. The van der Waals surface area contributed by atoms with Gasteiger partial charge >= 0.3 is 11.9 Å². The third-order valence-electron chi connectivity index (χ3n) is 6.61. The van der Waals surface area contributed by atoms with Crippen LogP contribution in [0.3, 0.4) is 0 Å². The van der Waals surface area contributed by atoms with Gasteiger partial charge in [-0.25, -0.2) is 9.59 Å². The summed E-state index contributed by atoms with van der Waals surface area (Å²) in [6.07, 6.45) is 2.23. The van der Waals surface area contributed by atoms with Crippen molar-refractivity contribution in [2.45, 2.75) is 19.8 Å². The van der Waals surface area contributed by atoms with E-state index in [9.17, 15) is 14.4 Å². The fourth-order valence-corrected chi connectivity index (χ4v) is 4.59. The van der Waals surface area contributed by atoms with Crippen LogP contribution in [-0.4, -0.2) is 42.3 Å². The molecule has 6 heteroatoms. The molecular formula is C31H27NO5. The summed E-state index contributed by atoms with van der Waals surface area (Å²) in [6.45, 7) is 4.06. The van der Waals surface area contributed by atoms with Gasteiger partial charge in [0.25, 0.3) is 0 Å². The van der Waals surface area contributed by atoms with Gasteiger partial charge in [-0.05, 0) is 80.0 Å². The number of likely N-dealkylation sites (tertiary alicyclic amines) is 1. The zero-order chi connectivity index (χ0) is 25.8. The molecule has 6 nitrogen and oxygen atoms in total. The normalized spacial score (nSPS) is 13.4. The first kappa shape index (κ1) is 24.4. The van der Waals surface area contributed by atoms with Crippen LogP contribution in [0.15, 0.2) is 84.9 Å². The SMILES string of the molecule is Cc1c(OC(=O)c2ccccc2)c(OC(=O)c2ccccc2)cc2ccc(C(=O)CN3CCCC3)cc12. The predicted octanol–water partition coefficient (Wildman–Crippen LogP) is 5.87. The minimum atomic E-state index is -0.568. The number of esters is 2. The topological polar surface area (TPSA) is 72.9 Å². The van der Waals surface area contributed by atoms with Gasteiger partial charge in [-0.2, -0.15) is 0 Å². The summed E-state index contributed by atoms with van der Waals surface area (Å²) in [5, 5.41) is 1.52. The van der Waals surface area contributed by atoms with Crippen molar-refractivity contribution in [3.63, 3.8) is 0 Å². The van der Waals surface area contributed by atoms with E-state index in [0.29, 0.717) is 28.8 Å². The van der Waals surface area contributed by atoms with Crippen molar-refractivity contribution in [3.8, 4) is 11.5 Å². The van der Waals surface area contributed by atoms with Crippen LogP contribution in [0.4, 0.5) is 0 Å². The van der Waals surface area contributed by atoms with Crippen LogP contribution in [-0.2, 0) is 0 Å². The maximum Gasteiger partial charge on any atom is 0.343 e. The van der Waals surface area contributed by atoms with E-state index in [1.54, 1.807) is 67.6 Å². The van der Waals surface area contributed by atoms with E-state index in [2.05, 4.69) is 4.90 Å². The molecule has 0 aliphatic carbocycles. The lowest BCUT2D eigenvalue weighted by molar-refractivity contribution is 0.0682. The molecule has 4 aromatic carbocycles. The van der Waals surface area contributed by atoms with Gasteiger partial charge in [-0.1, -0.05) is 48.5 Å². The Balaban J connectivity index is 1.53. The molecule has 0 amide bonds. The van der Waals surface area contributed by atoms with E-state index >= 15 is 0 Å². The maximum absolute atomic E-state index is 13.0. The number of hydrogen-bond acceptors (Lipinski definition) is 6. The van der Waals surface area contributed by atoms with Crippen molar-refractivity contribution in [2.75, 3.05) is 19.6 Å². The molecule has 1 aliphatic heterocycles. The number of aryl methyl sites for hydroxylation is 1. The Morgan fingerprint density at radius 3 is 1.95 bits per heavy atom. The first-order chi connectivity index (χ1) is 18.0. The molecule has 0 N–H and O–H groups in total. The lowest BCUT2D eigenvalue weighted by Crippen LogP contribution is -2.26. The van der Waals surface area contributed by atoms with E-state index < -0.39 is 11.9 Å². The Morgan fingerprint density at radius 2 is 1.32 bits per heavy atom. The molecule has 1 heterocycles. The summed E-state index contributed by atoms with van der Waals surface area (Å²) in [4.78, 5) is 41.0. The van der Waals surface area contributed by atoms with Crippen LogP contribution in [0, 0.1) is 6.92 Å². The molecule has 0 bridgehead atoms. The number of hydrogen-bond donors (Lipinski definition) is 0. The number of nitrogens with zero attached hydrogens (tertiary/aromatic N) is 1. The zero-order valence-electron chi connectivity index (χ0n) is 20.6. The van der Waals surface area contributed by atoms with E-state index in [4.69, 9.17) is 9.47 Å². The number of ketones is 1. The largest absolute Gasteiger partial charge is 0.419 e. The molecule has 1 aliphatic rings. The second kappa shape index (κ2) is 10.8. The van der Waals surface area contributed by atoms with Gasteiger partial charge in [0.1, 0.15) is 0 Å². The lowest BCUT2D eigenvalue weighted by atomic mass is 9.99. The molecule has 0 atom stereocenters. The molecule has 0 aromatic heterocycles. The molecule has 1 fully saturated rings. The van der Waals surface area contributed by atoms with E-state index in [1.165, 1.54) is 0 Å². The Bertz CT molecular complexity index is 1460. The van der Waals surface area contributed by atoms with Crippen molar-refractivity contribution in [1.29, 1.82) is 0 Å². The summed E-state index contributed by atoms with van der Waals surface area (Å²) in [5.74, 6) is -0.797. The van der Waals surface area contributed by atoms with Crippen molar-refractivity contribution in [3.05, 3.63) is 107 Å². The van der Waals surface area contributed by atoms with Gasteiger partial charge in [0.15, 0.2) is 17.3 Å². The highest BCUT2D eigenvalue weighted by Crippen LogP contribution is 2.39. The summed E-state index contributed by atoms with van der Waals surface area (Å²) in [7, 11) is 0. The second-order valence-electron chi connectivity index (χ2n) is 9.18. The van der Waals surface area contributed by atoms with Crippen LogP contribution < -0.4 is 9.47 Å². The van der Waals surface area contributed by atoms with Crippen molar-refractivity contribution < 1.29 is 23.9 Å². The standard InChI is InChI=1S/C31H27NO5/c1-21-26-18-25(27(33)20-32-16-8-9-17-32)15-14-24(26)19-28(36-30(34)22-10-4-2-5-11-22)29(21)37-31(35)23-12-6-3-7-13-23/h2-7,10-15,18-19H,8-9,16-17,20H2,1H3. The van der Waals surface area contributed by atoms with E-state index in [1.807, 2.05) is 24.3 Å². The van der Waals surface area contributed by atoms with Crippen LogP contribution in [0.1, 0.15) is 49.5 Å². The highest BCUT2D eigenvalue weighted by molar-refractivity contribution is 6.03. The fraction of sp³-hybridized carbons (Fsp3) is 0.194. The highest BCUT2D eigenvalue weighted by atomic mass is 16.6. The van der Waals surface area contributed by atoms with Gasteiger partial charge in [-0.15, -0.1) is 0 Å². The Kier molecular flexibility index (Phi) is 7.10. The molecule has 186 valence electrons. The van der Waals surface area contributed by atoms with Crippen molar-refractivity contribution in [2.24, 2.45) is 0 Å². The Morgan fingerprint density at radius 1 is 0.730 bits per heavy atom. The third kappa shape index (κ3) is 5.44. The predicted molar refractivity (Wildman–Crippen MR) is 141 cm³/mol. The number of benzene rings is 4. The molecule has 0 unspecified atom stereocenters. The lowest BCUT2D eigenvalue weighted by Gasteiger charge is -2.17. The van der Waals surface area contributed by atoms with Gasteiger partial charge in [0, 0.05) is 11.1 Å². The van der Waals surface area contributed by atoms with E-state index in [-0.39, 0.29) is 17.3 Å². The molecule has 0 radical (unpaired) electrons. The number of carbonyl (C=O) groups is 3. The Labute approximate surface area is 215 Å². The maximum atomic E-state index is 13.0. The van der Waals surface area contributed by atoms with Crippen LogP contribution in [0.2, 0.25) is 0 Å². The van der Waals surface area contributed by atoms with Gasteiger partial charge in [-0.3, -0.25) is 9.69 Å². The number of fused-ring (bicyclic) bond motifs is 1. The smallest absolute Gasteiger partial charge is 0.343 e. The average Bonchev–Trinajstić information content (AvgIpc) is 3.44. The van der Waals surface area contributed by atoms with Crippen LogP contribution >= 0.6 is 0 Å². The quantitative estimate of drug-likeness (QED) is 0.182. The number of carbonyl (C=O) groups excluding carboxylic acids is 3. The summed E-state index contributed by atoms with van der Waals surface area (Å²) < 4.78 is 11.5. The van der Waals surface area contributed by atoms with E-state index in [0.717, 1.165) is 36.7 Å². The molecule has 4 aromatic rings. The van der Waals surface area contributed by atoms with Gasteiger partial charge < -0.3 is 9.47 Å². The minimum absolute atomic E-state index is 0.0469. The third-order valence-corrected chi connectivity index (χ3v) is 6.61. The number of Topliss-reactive ketones (excluding diaryl/α,β-unsaturated/α-hetero) is 1. The average molecular weight is 494 g/mol. The fourth-order valence-electron chi connectivity index (χ4n) is 4.59. The van der Waals surface area contributed by atoms with Gasteiger partial charge in [0.2, 0.25) is 0 Å². The highest BCUT2D eigenvalue weighted by Gasteiger charge is 2.22. The molecule has 37 heavy (non-hydrogen) atoms. The summed E-state index contributed by atoms with van der Waals surface area (Å²) in [5.41, 5.74) is 1.95. The minimum Gasteiger partial charge on any atom is -0.419 e. The molecule has 5 rings (SSSR count). The number of rotatable bonds is 7. The Hall–Kier alpha value is -4.29. The van der Waals surface area contributed by atoms with Crippen molar-refractivity contribution >= 4 is 28.5 Å².